The maximum absolute atomic E-state index is 15.0. The Morgan fingerprint density at radius 1 is 0.436 bits per heavy atom. The van der Waals surface area contributed by atoms with E-state index < -0.39 is 16.1 Å². The Bertz CT molecular complexity index is 2560. The molecule has 55 heavy (non-hydrogen) atoms. The van der Waals surface area contributed by atoms with Crippen molar-refractivity contribution in [1.29, 1.82) is 0 Å². The summed E-state index contributed by atoms with van der Waals surface area (Å²) in [6, 6.07) is 49.0. The van der Waals surface area contributed by atoms with Gasteiger partial charge in [0.1, 0.15) is 11.6 Å². The van der Waals surface area contributed by atoms with Crippen LogP contribution in [0.25, 0.3) is 21.9 Å². The van der Waals surface area contributed by atoms with Gasteiger partial charge in [-0.05, 0) is 107 Å². The van der Waals surface area contributed by atoms with Crippen molar-refractivity contribution in [1.82, 2.24) is 0 Å². The number of rotatable bonds is 8. The van der Waals surface area contributed by atoms with Crippen molar-refractivity contribution < 1.29 is 8.78 Å². The van der Waals surface area contributed by atoms with E-state index in [1.54, 1.807) is 24.3 Å². The molecule has 1 aliphatic rings. The number of benzene rings is 7. The molecule has 8 rings (SSSR count). The first-order chi connectivity index (χ1) is 26.1. The van der Waals surface area contributed by atoms with Gasteiger partial charge in [0, 0.05) is 39.2 Å². The molecule has 0 radical (unpaired) electrons. The fourth-order valence-corrected chi connectivity index (χ4v) is 10.5. The lowest BCUT2D eigenvalue weighted by atomic mass is 9.81. The van der Waals surface area contributed by atoms with Crippen LogP contribution < -0.4 is 20.2 Å². The smallest absolute Gasteiger partial charge is 0.125 e. The molecule has 7 aromatic rings. The topological polar surface area (TPSA) is 6.48 Å². The average Bonchev–Trinajstić information content (AvgIpc) is 3.37. The summed E-state index contributed by atoms with van der Waals surface area (Å²) in [4.78, 5) is 4.37. The van der Waals surface area contributed by atoms with Crippen molar-refractivity contribution in [3.8, 4) is 11.1 Å². The largest absolute Gasteiger partial charge is 0.310 e. The first-order valence-corrected chi connectivity index (χ1v) is 26.1. The summed E-state index contributed by atoms with van der Waals surface area (Å²) in [6.07, 6.45) is 0. The fraction of sp³-hybridized carbons (Fsp3) is 0.184. The van der Waals surface area contributed by atoms with Crippen molar-refractivity contribution >= 4 is 71.4 Å². The minimum atomic E-state index is -1.54. The molecule has 7 aromatic carbocycles. The van der Waals surface area contributed by atoms with Crippen LogP contribution in [0.1, 0.15) is 25.0 Å². The zero-order chi connectivity index (χ0) is 38.9. The summed E-state index contributed by atoms with van der Waals surface area (Å²) in [7, 11) is -3.06. The number of halogens is 2. The van der Waals surface area contributed by atoms with Crippen molar-refractivity contribution in [2.24, 2.45) is 0 Å². The van der Waals surface area contributed by atoms with E-state index in [0.717, 1.165) is 44.9 Å². The van der Waals surface area contributed by atoms with Crippen LogP contribution in [-0.4, -0.2) is 16.1 Å². The van der Waals surface area contributed by atoms with Crippen molar-refractivity contribution in [3.63, 3.8) is 0 Å². The molecule has 1 aliphatic carbocycles. The Hall–Kier alpha value is -5.31. The van der Waals surface area contributed by atoms with Crippen LogP contribution >= 0.6 is 0 Å². The molecule has 0 aliphatic heterocycles. The van der Waals surface area contributed by atoms with Gasteiger partial charge >= 0.3 is 0 Å². The van der Waals surface area contributed by atoms with Crippen LogP contribution in [0, 0.1) is 11.6 Å². The van der Waals surface area contributed by atoms with Gasteiger partial charge in [-0.1, -0.05) is 130 Å². The molecule has 276 valence electrons. The minimum Gasteiger partial charge on any atom is -0.310 e. The predicted octanol–water partition coefficient (Wildman–Crippen LogP) is 13.5. The van der Waals surface area contributed by atoms with Crippen LogP contribution in [-0.2, 0) is 5.41 Å². The summed E-state index contributed by atoms with van der Waals surface area (Å²) in [6.45, 7) is 18.7. The van der Waals surface area contributed by atoms with Crippen LogP contribution in [0.5, 0.6) is 0 Å². The predicted molar refractivity (Wildman–Crippen MR) is 237 cm³/mol. The van der Waals surface area contributed by atoms with Crippen LogP contribution in [0.4, 0.5) is 42.9 Å². The molecule has 0 atom stereocenters. The summed E-state index contributed by atoms with van der Waals surface area (Å²) >= 11 is 0. The second kappa shape index (κ2) is 13.5. The molecule has 0 amide bonds. The normalized spacial score (nSPS) is 13.4. The van der Waals surface area contributed by atoms with E-state index in [4.69, 9.17) is 0 Å². The zero-order valence-corrected chi connectivity index (χ0v) is 35.0. The van der Waals surface area contributed by atoms with E-state index in [0.29, 0.717) is 0 Å². The molecule has 0 saturated heterocycles. The summed E-state index contributed by atoms with van der Waals surface area (Å²) < 4.78 is 29.9. The van der Waals surface area contributed by atoms with E-state index in [9.17, 15) is 4.39 Å². The number of hydrogen-bond donors (Lipinski definition) is 0. The highest BCUT2D eigenvalue weighted by Crippen LogP contribution is 2.55. The summed E-state index contributed by atoms with van der Waals surface area (Å²) in [5.74, 6) is -0.544. The lowest BCUT2D eigenvalue weighted by Crippen LogP contribution is -2.37. The highest BCUT2D eigenvalue weighted by Gasteiger charge is 2.38. The first kappa shape index (κ1) is 36.7. The fourth-order valence-electron chi connectivity index (χ4n) is 8.20. The average molecular weight is 759 g/mol. The van der Waals surface area contributed by atoms with Crippen molar-refractivity contribution in [2.45, 2.75) is 58.5 Å². The van der Waals surface area contributed by atoms with Crippen LogP contribution in [0.2, 0.25) is 39.3 Å². The van der Waals surface area contributed by atoms with Gasteiger partial charge in [-0.2, -0.15) is 0 Å². The van der Waals surface area contributed by atoms with Gasteiger partial charge in [0.2, 0.25) is 0 Å². The van der Waals surface area contributed by atoms with Gasteiger partial charge in [0.05, 0.1) is 21.8 Å². The monoisotopic (exact) mass is 758 g/mol. The van der Waals surface area contributed by atoms with Gasteiger partial charge in [0.15, 0.2) is 0 Å². The van der Waals surface area contributed by atoms with Crippen LogP contribution in [0.3, 0.4) is 0 Å². The Kier molecular flexibility index (Phi) is 8.98. The standard InChI is InChI=1S/C49H48F2N2Si2/c1-49(2)45-31-39(52(37-15-11-13-33(50)29-37)35-19-24-40(25-20-35)54(3,4)5)23-28-44(45)48-43-18-10-9-17-42(43)47(32-46(48)49)53(38-16-12-14-34(51)30-38)36-21-26-41(27-22-36)55(6,7)8/h9-32H,1-8H3. The highest BCUT2D eigenvalue weighted by atomic mass is 28.3. The van der Waals surface area contributed by atoms with Crippen LogP contribution in [0.15, 0.2) is 146 Å². The molecule has 0 spiro atoms. The molecule has 0 N–H and O–H groups in total. The molecule has 0 fully saturated rings. The molecule has 0 saturated carbocycles. The summed E-state index contributed by atoms with van der Waals surface area (Å²) in [5.41, 5.74) is 9.94. The lowest BCUT2D eigenvalue weighted by Gasteiger charge is -2.30. The van der Waals surface area contributed by atoms with E-state index in [2.05, 4.69) is 160 Å². The van der Waals surface area contributed by atoms with E-state index in [-0.39, 0.29) is 17.0 Å². The molecular weight excluding hydrogens is 711 g/mol. The Balaban J connectivity index is 1.32. The number of anilines is 6. The van der Waals surface area contributed by atoms with Crippen molar-refractivity contribution in [3.05, 3.63) is 168 Å². The van der Waals surface area contributed by atoms with Crippen molar-refractivity contribution in [2.75, 3.05) is 9.80 Å². The maximum Gasteiger partial charge on any atom is 0.125 e. The second-order valence-electron chi connectivity index (χ2n) is 17.4. The highest BCUT2D eigenvalue weighted by molar-refractivity contribution is 6.89. The molecule has 0 unspecified atom stereocenters. The van der Waals surface area contributed by atoms with Gasteiger partial charge < -0.3 is 9.80 Å². The third-order valence-corrected chi connectivity index (χ3v) is 15.4. The molecule has 2 nitrogen and oxygen atoms in total. The summed E-state index contributed by atoms with van der Waals surface area (Å²) in [5, 5.41) is 5.00. The molecule has 0 aromatic heterocycles. The van der Waals surface area contributed by atoms with E-state index >= 15 is 4.39 Å². The second-order valence-corrected chi connectivity index (χ2v) is 27.6. The third kappa shape index (κ3) is 6.61. The zero-order valence-electron chi connectivity index (χ0n) is 33.0. The quantitative estimate of drug-likeness (QED) is 0.142. The Morgan fingerprint density at radius 3 is 1.44 bits per heavy atom. The van der Waals surface area contributed by atoms with E-state index in [1.165, 1.54) is 44.8 Å². The van der Waals surface area contributed by atoms with Gasteiger partial charge in [-0.3, -0.25) is 0 Å². The van der Waals surface area contributed by atoms with Gasteiger partial charge in [0.25, 0.3) is 0 Å². The van der Waals surface area contributed by atoms with Gasteiger partial charge in [-0.25, -0.2) is 8.78 Å². The minimum absolute atomic E-state index is 0.271. The van der Waals surface area contributed by atoms with E-state index in [1.807, 2.05) is 12.1 Å². The SMILES string of the molecule is CC1(C)c2cc(N(c3ccc([Si](C)(C)C)cc3)c3cccc(F)c3)ccc2-c2c1cc(N(c1ccc([Si](C)(C)C)cc1)c1cccc(F)c1)c1ccccc21. The first-order valence-electron chi connectivity index (χ1n) is 19.1. The number of nitrogens with zero attached hydrogens (tertiary/aromatic N) is 2. The Morgan fingerprint density at radius 2 is 0.909 bits per heavy atom. The number of fused-ring (bicyclic) bond motifs is 5. The number of hydrogen-bond acceptors (Lipinski definition) is 2. The third-order valence-electron chi connectivity index (χ3n) is 11.3. The molecule has 0 bridgehead atoms. The Labute approximate surface area is 326 Å². The molecular formula is C49H48F2N2Si2. The van der Waals surface area contributed by atoms with Gasteiger partial charge in [-0.15, -0.1) is 0 Å². The molecule has 0 heterocycles. The molecule has 6 heteroatoms. The maximum atomic E-state index is 15.0. The lowest BCUT2D eigenvalue weighted by molar-refractivity contribution is 0.627.